The van der Waals surface area contributed by atoms with E-state index in [9.17, 15) is 25.1 Å². The number of aliphatic hydroxyl groups is 1. The predicted molar refractivity (Wildman–Crippen MR) is 89.6 cm³/mol. The summed E-state index contributed by atoms with van der Waals surface area (Å²) in [5.74, 6) is -1.36. The average Bonchev–Trinajstić information content (AvgIpc) is 2.57. The first-order chi connectivity index (χ1) is 11.4. The topological polar surface area (TPSA) is 125 Å². The lowest BCUT2D eigenvalue weighted by molar-refractivity contribution is -0.385. The Bertz CT molecular complexity index is 795. The maximum atomic E-state index is 11.8. The van der Waals surface area contributed by atoms with Gasteiger partial charge in [0.1, 0.15) is 0 Å². The summed E-state index contributed by atoms with van der Waals surface area (Å²) in [6.07, 6.45) is -0.364. The Morgan fingerprint density at radius 3 is 2.62 bits per heavy atom. The summed E-state index contributed by atoms with van der Waals surface area (Å²) in [4.78, 5) is 21.9. The number of hydrogen-bond donors (Lipinski definition) is 3. The zero-order valence-electron chi connectivity index (χ0n) is 12.1. The lowest BCUT2D eigenvalue weighted by Gasteiger charge is -2.08. The molecule has 0 heterocycles. The summed E-state index contributed by atoms with van der Waals surface area (Å²) < 4.78 is 0.365. The Hall–Kier alpha value is -2.78. The van der Waals surface area contributed by atoms with E-state index in [4.69, 9.17) is 0 Å². The van der Waals surface area contributed by atoms with Crippen LogP contribution >= 0.6 is 15.9 Å². The molecule has 0 saturated heterocycles. The van der Waals surface area contributed by atoms with Crippen molar-refractivity contribution in [3.63, 3.8) is 0 Å². The van der Waals surface area contributed by atoms with Crippen molar-refractivity contribution in [1.82, 2.24) is 5.43 Å². The van der Waals surface area contributed by atoms with E-state index in [1.807, 2.05) is 0 Å². The number of nitrogens with zero attached hydrogens (tertiary/aromatic N) is 2. The van der Waals surface area contributed by atoms with Gasteiger partial charge < -0.3 is 10.2 Å². The molecule has 0 spiro atoms. The molecule has 0 saturated carbocycles. The number of benzene rings is 2. The van der Waals surface area contributed by atoms with Crippen LogP contribution in [0.2, 0.25) is 0 Å². The molecule has 1 amide bonds. The van der Waals surface area contributed by atoms with E-state index in [1.165, 1.54) is 6.07 Å². The fourth-order valence-corrected chi connectivity index (χ4v) is 2.32. The fourth-order valence-electron chi connectivity index (χ4n) is 1.86. The van der Waals surface area contributed by atoms with E-state index in [0.717, 1.165) is 12.3 Å². The van der Waals surface area contributed by atoms with Crippen LogP contribution in [0.5, 0.6) is 5.75 Å². The Morgan fingerprint density at radius 1 is 1.33 bits per heavy atom. The lowest BCUT2D eigenvalue weighted by Crippen LogP contribution is -2.25. The van der Waals surface area contributed by atoms with Crippen LogP contribution in [0.15, 0.2) is 52.0 Å². The number of nitro groups is 1. The van der Waals surface area contributed by atoms with Gasteiger partial charge in [-0.05, 0) is 11.6 Å². The molecule has 2 aromatic rings. The number of carbonyl (C=O) groups excluding carboxylic acids is 1. The second-order valence-corrected chi connectivity index (χ2v) is 5.58. The molecule has 2 aromatic carbocycles. The molecule has 8 nitrogen and oxygen atoms in total. The van der Waals surface area contributed by atoms with Gasteiger partial charge >= 0.3 is 5.69 Å². The van der Waals surface area contributed by atoms with E-state index in [2.05, 4.69) is 26.5 Å². The molecular weight excluding hydrogens is 382 g/mol. The quantitative estimate of drug-likeness (QED) is 0.408. The Morgan fingerprint density at radius 2 is 2.00 bits per heavy atom. The van der Waals surface area contributed by atoms with Crippen molar-refractivity contribution in [3.05, 3.63) is 68.2 Å². The molecule has 0 bridgehead atoms. The molecular formula is C15H12BrN3O5. The third kappa shape index (κ3) is 4.15. The molecule has 0 aliphatic heterocycles. The van der Waals surface area contributed by atoms with Crippen LogP contribution in [0.4, 0.5) is 5.69 Å². The number of nitro benzene ring substituents is 1. The maximum Gasteiger partial charge on any atom is 0.312 e. The largest absolute Gasteiger partial charge is 0.502 e. The van der Waals surface area contributed by atoms with Crippen molar-refractivity contribution in [2.45, 2.75) is 6.10 Å². The smallest absolute Gasteiger partial charge is 0.312 e. The monoisotopic (exact) mass is 393 g/mol. The van der Waals surface area contributed by atoms with Gasteiger partial charge in [-0.1, -0.05) is 46.3 Å². The molecule has 0 aliphatic carbocycles. The number of carbonyl (C=O) groups is 1. The molecule has 3 N–H and O–H groups in total. The summed E-state index contributed by atoms with van der Waals surface area (Å²) in [7, 11) is 0. The SMILES string of the molecule is O=C(N/N=C\c1cc(Br)cc([N+](=O)[O-])c1O)[C@@H](O)c1ccccc1. The summed E-state index contributed by atoms with van der Waals surface area (Å²) in [5.41, 5.74) is 2.04. The van der Waals surface area contributed by atoms with E-state index in [-0.39, 0.29) is 5.56 Å². The number of aliphatic hydroxyl groups excluding tert-OH is 1. The molecule has 0 radical (unpaired) electrons. The van der Waals surface area contributed by atoms with Gasteiger partial charge in [-0.3, -0.25) is 14.9 Å². The second kappa shape index (κ2) is 7.66. The number of nitrogens with one attached hydrogen (secondary N) is 1. The summed E-state index contributed by atoms with van der Waals surface area (Å²) in [6.45, 7) is 0. The number of hydrogen-bond acceptors (Lipinski definition) is 6. The van der Waals surface area contributed by atoms with Crippen LogP contribution in [0.1, 0.15) is 17.2 Å². The van der Waals surface area contributed by atoms with Crippen LogP contribution in [0, 0.1) is 10.1 Å². The predicted octanol–water partition coefficient (Wildman–Crippen LogP) is 2.25. The highest BCUT2D eigenvalue weighted by Gasteiger charge is 2.18. The third-order valence-electron chi connectivity index (χ3n) is 3.02. The van der Waals surface area contributed by atoms with Gasteiger partial charge in [-0.15, -0.1) is 0 Å². The number of rotatable bonds is 5. The molecule has 124 valence electrons. The number of halogens is 1. The van der Waals surface area contributed by atoms with Crippen molar-refractivity contribution in [2.24, 2.45) is 5.10 Å². The second-order valence-electron chi connectivity index (χ2n) is 4.67. The minimum absolute atomic E-state index is 0.0329. The first-order valence-electron chi connectivity index (χ1n) is 6.63. The van der Waals surface area contributed by atoms with Gasteiger partial charge in [-0.25, -0.2) is 5.43 Å². The Kier molecular flexibility index (Phi) is 5.61. The molecule has 0 unspecified atom stereocenters. The number of phenols is 1. The van der Waals surface area contributed by atoms with Crippen LogP contribution < -0.4 is 5.43 Å². The summed E-state index contributed by atoms with van der Waals surface area (Å²) in [6, 6.07) is 10.8. The average molecular weight is 394 g/mol. The van der Waals surface area contributed by atoms with E-state index in [0.29, 0.717) is 10.0 Å². The standard InChI is InChI=1S/C15H12BrN3O5/c16-11-6-10(13(20)12(7-11)19(23)24)8-17-18-15(22)14(21)9-4-2-1-3-5-9/h1-8,14,20-21H,(H,18,22)/b17-8-/t14-/m0/s1. The van der Waals surface area contributed by atoms with Gasteiger partial charge in [0, 0.05) is 16.1 Å². The first-order valence-corrected chi connectivity index (χ1v) is 7.42. The Labute approximate surface area is 144 Å². The van der Waals surface area contributed by atoms with Crippen molar-refractivity contribution in [1.29, 1.82) is 0 Å². The minimum atomic E-state index is -1.41. The maximum absolute atomic E-state index is 11.8. The van der Waals surface area contributed by atoms with Crippen LogP contribution in [0.25, 0.3) is 0 Å². The molecule has 0 aromatic heterocycles. The fraction of sp³-hybridized carbons (Fsp3) is 0.0667. The van der Waals surface area contributed by atoms with E-state index < -0.39 is 28.4 Å². The molecule has 1 atom stereocenters. The van der Waals surface area contributed by atoms with Gasteiger partial charge in [0.15, 0.2) is 6.10 Å². The van der Waals surface area contributed by atoms with E-state index in [1.54, 1.807) is 30.3 Å². The summed E-state index contributed by atoms with van der Waals surface area (Å²) >= 11 is 3.09. The molecule has 0 fully saturated rings. The van der Waals surface area contributed by atoms with E-state index >= 15 is 0 Å². The highest BCUT2D eigenvalue weighted by Crippen LogP contribution is 2.32. The Balaban J connectivity index is 2.12. The number of phenolic OH excluding ortho intramolecular Hbond substituents is 1. The van der Waals surface area contributed by atoms with Gasteiger partial charge in [0.25, 0.3) is 5.91 Å². The van der Waals surface area contributed by atoms with Gasteiger partial charge in [0.2, 0.25) is 5.75 Å². The minimum Gasteiger partial charge on any atom is -0.502 e. The van der Waals surface area contributed by atoms with Gasteiger partial charge in [0.05, 0.1) is 11.1 Å². The summed E-state index contributed by atoms with van der Waals surface area (Å²) in [5, 5.41) is 34.1. The van der Waals surface area contributed by atoms with Crippen LogP contribution in [-0.4, -0.2) is 27.3 Å². The number of amides is 1. The van der Waals surface area contributed by atoms with Crippen molar-refractivity contribution in [2.75, 3.05) is 0 Å². The van der Waals surface area contributed by atoms with Crippen molar-refractivity contribution >= 4 is 33.7 Å². The van der Waals surface area contributed by atoms with Crippen molar-refractivity contribution < 1.29 is 19.9 Å². The first kappa shape index (κ1) is 17.6. The van der Waals surface area contributed by atoms with Crippen molar-refractivity contribution in [3.8, 4) is 5.75 Å². The number of aromatic hydroxyl groups is 1. The van der Waals surface area contributed by atoms with Crippen LogP contribution in [0.3, 0.4) is 0 Å². The zero-order valence-corrected chi connectivity index (χ0v) is 13.7. The highest BCUT2D eigenvalue weighted by atomic mass is 79.9. The molecule has 0 aliphatic rings. The molecule has 2 rings (SSSR count). The van der Waals surface area contributed by atoms with Gasteiger partial charge in [-0.2, -0.15) is 5.10 Å². The molecule has 24 heavy (non-hydrogen) atoms. The third-order valence-corrected chi connectivity index (χ3v) is 3.48. The number of hydrazone groups is 1. The highest BCUT2D eigenvalue weighted by molar-refractivity contribution is 9.10. The lowest BCUT2D eigenvalue weighted by atomic mass is 10.1. The molecule has 9 heteroatoms. The van der Waals surface area contributed by atoms with Crippen LogP contribution in [-0.2, 0) is 4.79 Å². The zero-order chi connectivity index (χ0) is 17.7. The normalized spacial score (nSPS) is 12.1.